The van der Waals surface area contributed by atoms with E-state index in [2.05, 4.69) is 31.2 Å². The van der Waals surface area contributed by atoms with Crippen LogP contribution in [0.4, 0.5) is 4.79 Å². The van der Waals surface area contributed by atoms with Gasteiger partial charge in [0, 0.05) is 44.2 Å². The minimum absolute atomic E-state index is 0.00392. The van der Waals surface area contributed by atoms with Crippen molar-refractivity contribution < 1.29 is 38.6 Å². The molecule has 0 radical (unpaired) electrons. The molecule has 4 atom stereocenters. The van der Waals surface area contributed by atoms with E-state index in [1.807, 2.05) is 55.1 Å². The van der Waals surface area contributed by atoms with Gasteiger partial charge in [-0.3, -0.25) is 19.2 Å². The van der Waals surface area contributed by atoms with E-state index in [0.29, 0.717) is 12.2 Å². The molecule has 57 heavy (non-hydrogen) atoms. The summed E-state index contributed by atoms with van der Waals surface area (Å²) in [5, 5.41) is 20.2. The average Bonchev–Trinajstić information content (AvgIpc) is 3.86. The maximum Gasteiger partial charge on any atom is 0.408 e. The molecule has 7 N–H and O–H groups in total. The summed E-state index contributed by atoms with van der Waals surface area (Å²) in [4.78, 5) is 85.0. The van der Waals surface area contributed by atoms with Gasteiger partial charge in [0.05, 0.1) is 6.33 Å². The standard InChI is InChI=1S/C34H44N6O7.C7H13N2O/c1-21(2)15-26(32(43)40-29(22(3)4)33(44)45)37-31(42)28(17-25-18-35-20-36-25)38-30(41)27(16-23-11-7-5-8-12-23)39-34(46)47-19-24-13-9-6-10-14-24;8-4-2-6-9-5-1-3-7(9)10/h5-14,18,20-22,26-29H,15-17,19H2,1-4H3,(H,35,36)(H,37,42)(H,38,41)(H,39,46)(H,40,43)(H,44,45);8H,1-6H2/q;-1/t26-,27-,28-,29-;/m0./s1. The Morgan fingerprint density at radius 1 is 0.842 bits per heavy atom. The van der Waals surface area contributed by atoms with Gasteiger partial charge in [-0.15, -0.1) is 6.54 Å². The first kappa shape index (κ1) is 45.6. The van der Waals surface area contributed by atoms with Crippen molar-refractivity contribution in [1.82, 2.24) is 36.1 Å². The first-order valence-electron chi connectivity index (χ1n) is 19.3. The predicted octanol–water partition coefficient (Wildman–Crippen LogP) is 3.78. The fourth-order valence-corrected chi connectivity index (χ4v) is 6.02. The number of aliphatic carboxylic acids is 1. The van der Waals surface area contributed by atoms with E-state index in [1.54, 1.807) is 38.1 Å². The molecule has 5 amide bonds. The van der Waals surface area contributed by atoms with Crippen molar-refractivity contribution in [3.63, 3.8) is 0 Å². The summed E-state index contributed by atoms with van der Waals surface area (Å²) in [6, 6.07) is 13.6. The second kappa shape index (κ2) is 24.0. The molecule has 16 heteroatoms. The van der Waals surface area contributed by atoms with Gasteiger partial charge in [-0.25, -0.2) is 14.6 Å². The molecule has 2 heterocycles. The molecule has 310 valence electrons. The topological polar surface area (TPSA) is 236 Å². The van der Waals surface area contributed by atoms with Crippen LogP contribution in [0, 0.1) is 11.8 Å². The summed E-state index contributed by atoms with van der Waals surface area (Å²) in [7, 11) is 0. The molecule has 2 aromatic carbocycles. The van der Waals surface area contributed by atoms with Gasteiger partial charge in [-0.05, 0) is 35.8 Å². The monoisotopic (exact) mass is 789 g/mol. The zero-order valence-corrected chi connectivity index (χ0v) is 33.2. The summed E-state index contributed by atoms with van der Waals surface area (Å²) < 4.78 is 5.36. The van der Waals surface area contributed by atoms with Crippen molar-refractivity contribution in [2.24, 2.45) is 11.8 Å². The Balaban J connectivity index is 0.000000754. The van der Waals surface area contributed by atoms with Crippen molar-refractivity contribution in [3.8, 4) is 0 Å². The summed E-state index contributed by atoms with van der Waals surface area (Å²) >= 11 is 0. The quantitative estimate of drug-likeness (QED) is 0.0976. The van der Waals surface area contributed by atoms with Gasteiger partial charge >= 0.3 is 12.1 Å². The number of alkyl carbamates (subject to hydrolysis) is 1. The Kier molecular flexibility index (Phi) is 19.2. The number of hydrogen-bond donors (Lipinski definition) is 6. The number of amides is 5. The number of carbonyl (C=O) groups is 6. The number of rotatable bonds is 20. The maximum atomic E-state index is 13.8. The van der Waals surface area contributed by atoms with Gasteiger partial charge in [0.1, 0.15) is 30.8 Å². The van der Waals surface area contributed by atoms with Crippen LogP contribution in [-0.4, -0.2) is 99.5 Å². The number of carbonyl (C=O) groups excluding carboxylic acids is 5. The zero-order chi connectivity index (χ0) is 41.7. The number of H-pyrrole nitrogens is 1. The highest BCUT2D eigenvalue weighted by Crippen LogP contribution is 2.12. The highest BCUT2D eigenvalue weighted by atomic mass is 16.5. The predicted molar refractivity (Wildman–Crippen MR) is 213 cm³/mol. The summed E-state index contributed by atoms with van der Waals surface area (Å²) in [5.41, 5.74) is 8.96. The van der Waals surface area contributed by atoms with Crippen LogP contribution in [0.1, 0.15) is 70.2 Å². The molecule has 1 fully saturated rings. The Morgan fingerprint density at radius 3 is 1.96 bits per heavy atom. The molecule has 1 aromatic heterocycles. The molecule has 0 bridgehead atoms. The smallest absolute Gasteiger partial charge is 0.408 e. The number of likely N-dealkylation sites (tertiary alicyclic amines) is 1. The molecular weight excluding hydrogens is 732 g/mol. The van der Waals surface area contributed by atoms with E-state index in [4.69, 9.17) is 10.5 Å². The first-order valence-corrected chi connectivity index (χ1v) is 19.3. The molecule has 4 rings (SSSR count). The van der Waals surface area contributed by atoms with E-state index in [-0.39, 0.29) is 37.7 Å². The van der Waals surface area contributed by atoms with E-state index in [1.165, 1.54) is 12.5 Å². The minimum Gasteiger partial charge on any atom is -0.677 e. The number of carboxylic acid groups (broad SMARTS) is 1. The highest BCUT2D eigenvalue weighted by molar-refractivity contribution is 5.95. The van der Waals surface area contributed by atoms with E-state index < -0.39 is 59.9 Å². The third-order valence-electron chi connectivity index (χ3n) is 9.06. The van der Waals surface area contributed by atoms with Gasteiger partial charge in [-0.2, -0.15) is 0 Å². The van der Waals surface area contributed by atoms with Crippen LogP contribution in [0.2, 0.25) is 0 Å². The van der Waals surface area contributed by atoms with Crippen LogP contribution >= 0.6 is 0 Å². The number of imidazole rings is 1. The second-order valence-electron chi connectivity index (χ2n) is 14.6. The number of aromatic nitrogens is 2. The SMILES string of the molecule is CC(C)C[C@H](NC(=O)[C@H](Cc1cnc[nH]1)NC(=O)[C@H](Cc1ccccc1)NC(=O)OCc1ccccc1)C(=O)N[C@H](C(=O)O)C(C)C.[NH-]CCCN1CCCC1=O. The van der Waals surface area contributed by atoms with Crippen LogP contribution < -0.4 is 21.3 Å². The zero-order valence-electron chi connectivity index (χ0n) is 33.2. The van der Waals surface area contributed by atoms with Crippen LogP contribution in [0.3, 0.4) is 0 Å². The van der Waals surface area contributed by atoms with Gasteiger partial charge in [-0.1, -0.05) is 94.8 Å². The third kappa shape index (κ3) is 16.5. The summed E-state index contributed by atoms with van der Waals surface area (Å²) in [6.45, 7) is 9.21. The van der Waals surface area contributed by atoms with Gasteiger partial charge < -0.3 is 46.7 Å². The lowest BCUT2D eigenvalue weighted by Crippen LogP contribution is -2.59. The fraction of sp³-hybridized carbons (Fsp3) is 0.488. The molecule has 0 aliphatic carbocycles. The van der Waals surface area contributed by atoms with Gasteiger partial charge in [0.15, 0.2) is 0 Å². The molecule has 0 spiro atoms. The lowest BCUT2D eigenvalue weighted by atomic mass is 9.99. The average molecular weight is 790 g/mol. The van der Waals surface area contributed by atoms with E-state index in [9.17, 15) is 33.9 Å². The Hall–Kier alpha value is -5.77. The first-order chi connectivity index (χ1) is 27.3. The van der Waals surface area contributed by atoms with Crippen LogP contribution in [0.5, 0.6) is 0 Å². The summed E-state index contributed by atoms with van der Waals surface area (Å²) in [6.07, 6.45) is 5.00. The van der Waals surface area contributed by atoms with Crippen LogP contribution in [-0.2, 0) is 48.2 Å². The molecule has 1 aliphatic heterocycles. The van der Waals surface area contributed by atoms with Crippen molar-refractivity contribution in [3.05, 3.63) is 95.7 Å². The lowest BCUT2D eigenvalue weighted by molar-refractivity contribution is -0.143. The molecule has 0 saturated carbocycles. The Bertz CT molecular complexity index is 1710. The minimum atomic E-state index is -1.19. The number of aromatic amines is 1. The number of nitrogens with zero attached hydrogens (tertiary/aromatic N) is 2. The maximum absolute atomic E-state index is 13.8. The number of benzene rings is 2. The number of nitrogens with one attached hydrogen (secondary N) is 6. The van der Waals surface area contributed by atoms with Gasteiger partial charge in [0.25, 0.3) is 0 Å². The van der Waals surface area contributed by atoms with Gasteiger partial charge in [0.2, 0.25) is 23.6 Å². The van der Waals surface area contributed by atoms with Crippen molar-refractivity contribution >= 4 is 35.7 Å². The Labute approximate surface area is 334 Å². The highest BCUT2D eigenvalue weighted by Gasteiger charge is 2.33. The van der Waals surface area contributed by atoms with Crippen molar-refractivity contribution in [2.75, 3.05) is 19.6 Å². The molecule has 3 aromatic rings. The van der Waals surface area contributed by atoms with Crippen LogP contribution in [0.25, 0.3) is 5.73 Å². The Morgan fingerprint density at radius 2 is 1.44 bits per heavy atom. The number of ether oxygens (including phenoxy) is 1. The van der Waals surface area contributed by atoms with E-state index in [0.717, 1.165) is 43.5 Å². The van der Waals surface area contributed by atoms with Crippen molar-refractivity contribution in [1.29, 1.82) is 0 Å². The number of carboxylic acids is 1. The fourth-order valence-electron chi connectivity index (χ4n) is 6.02. The molecule has 0 unspecified atom stereocenters. The molecule has 1 saturated heterocycles. The van der Waals surface area contributed by atoms with E-state index >= 15 is 0 Å². The molecule has 1 aliphatic rings. The second-order valence-corrected chi connectivity index (χ2v) is 14.6. The molecule has 16 nitrogen and oxygen atoms in total. The number of hydrogen-bond acceptors (Lipinski definition) is 8. The third-order valence-corrected chi connectivity index (χ3v) is 9.06. The van der Waals surface area contributed by atoms with Crippen molar-refractivity contribution in [2.45, 2.75) is 97.0 Å². The normalized spacial score (nSPS) is 14.4. The van der Waals surface area contributed by atoms with Crippen LogP contribution in [0.15, 0.2) is 73.2 Å². The largest absolute Gasteiger partial charge is 0.677 e. The lowest BCUT2D eigenvalue weighted by Gasteiger charge is -2.27. The molecular formula is C41H57N8O8-. The summed E-state index contributed by atoms with van der Waals surface area (Å²) in [5.74, 6) is -3.32.